The van der Waals surface area contributed by atoms with Gasteiger partial charge in [-0.2, -0.15) is 0 Å². The minimum absolute atomic E-state index is 0.390. The van der Waals surface area contributed by atoms with Gasteiger partial charge in [0, 0.05) is 27.2 Å². The summed E-state index contributed by atoms with van der Waals surface area (Å²) in [5, 5.41) is 2.09. The number of ether oxygens (including phenoxy) is 1. The number of hydrogen-bond donors (Lipinski definition) is 0. The molecule has 3 aromatic rings. The first-order chi connectivity index (χ1) is 10.3. The molecule has 0 bridgehead atoms. The maximum Gasteiger partial charge on any atom is 0.206 e. The van der Waals surface area contributed by atoms with Crippen LogP contribution in [0.2, 0.25) is 0 Å². The van der Waals surface area contributed by atoms with E-state index in [0.29, 0.717) is 6.10 Å². The summed E-state index contributed by atoms with van der Waals surface area (Å²) in [6, 6.07) is 2.07. The van der Waals surface area contributed by atoms with Crippen molar-refractivity contribution in [3.8, 4) is 0 Å². The van der Waals surface area contributed by atoms with E-state index in [4.69, 9.17) is 9.72 Å². The number of pyridine rings is 1. The molecule has 3 aromatic heterocycles. The summed E-state index contributed by atoms with van der Waals surface area (Å²) in [5.41, 5.74) is 3.23. The van der Waals surface area contributed by atoms with E-state index in [1.54, 1.807) is 18.4 Å². The predicted octanol–water partition coefficient (Wildman–Crippen LogP) is 2.80. The van der Waals surface area contributed by atoms with Crippen LogP contribution in [0.4, 0.5) is 5.95 Å². The van der Waals surface area contributed by atoms with E-state index in [9.17, 15) is 0 Å². The van der Waals surface area contributed by atoms with Crippen LogP contribution in [0, 0.1) is 0 Å². The van der Waals surface area contributed by atoms with Gasteiger partial charge in [-0.1, -0.05) is 0 Å². The van der Waals surface area contributed by atoms with Crippen molar-refractivity contribution in [3.63, 3.8) is 0 Å². The van der Waals surface area contributed by atoms with E-state index in [2.05, 4.69) is 32.9 Å². The highest BCUT2D eigenvalue weighted by Gasteiger charge is 2.23. The molecule has 0 atom stereocenters. The molecule has 4 heterocycles. The number of aromatic nitrogens is 3. The monoisotopic (exact) mass is 302 g/mol. The van der Waals surface area contributed by atoms with Gasteiger partial charge in [0.15, 0.2) is 0 Å². The first-order valence-electron chi connectivity index (χ1n) is 7.24. The van der Waals surface area contributed by atoms with E-state index >= 15 is 0 Å². The fraction of sp³-hybridized carbons (Fsp3) is 0.467. The lowest BCUT2D eigenvalue weighted by Crippen LogP contribution is -2.37. The Balaban J connectivity index is 1.78. The minimum atomic E-state index is 0.390. The van der Waals surface area contributed by atoms with Crippen molar-refractivity contribution >= 4 is 38.5 Å². The molecule has 21 heavy (non-hydrogen) atoms. The molecule has 1 aliphatic heterocycles. The lowest BCUT2D eigenvalue weighted by Gasteiger charge is -2.31. The quantitative estimate of drug-likeness (QED) is 0.730. The summed E-state index contributed by atoms with van der Waals surface area (Å²) in [5.74, 6) is 1.04. The molecule has 0 saturated carbocycles. The summed E-state index contributed by atoms with van der Waals surface area (Å²) in [6.45, 7) is 1.99. The molecule has 0 unspecified atom stereocenters. The first kappa shape index (κ1) is 13.0. The summed E-state index contributed by atoms with van der Waals surface area (Å²) in [4.78, 5) is 11.7. The van der Waals surface area contributed by atoms with Gasteiger partial charge >= 0.3 is 0 Å². The highest BCUT2D eigenvalue weighted by Crippen LogP contribution is 2.31. The van der Waals surface area contributed by atoms with Crippen LogP contribution in [-0.4, -0.2) is 40.8 Å². The molecule has 1 fully saturated rings. The second-order valence-corrected chi connectivity index (χ2v) is 6.44. The molecule has 0 N–H and O–H groups in total. The van der Waals surface area contributed by atoms with Crippen LogP contribution in [0.5, 0.6) is 0 Å². The van der Waals surface area contributed by atoms with Gasteiger partial charge in [0.05, 0.1) is 28.0 Å². The second kappa shape index (κ2) is 4.96. The van der Waals surface area contributed by atoms with Crippen LogP contribution in [0.25, 0.3) is 21.3 Å². The van der Waals surface area contributed by atoms with E-state index in [-0.39, 0.29) is 0 Å². The third-order valence-electron chi connectivity index (χ3n) is 4.34. The van der Waals surface area contributed by atoms with Crippen LogP contribution < -0.4 is 4.90 Å². The largest absolute Gasteiger partial charge is 0.381 e. The number of nitrogens with zero attached hydrogens (tertiary/aromatic N) is 4. The van der Waals surface area contributed by atoms with E-state index in [1.165, 1.54) is 10.2 Å². The Kier molecular flexibility index (Phi) is 3.08. The number of thiophene rings is 1. The van der Waals surface area contributed by atoms with Crippen LogP contribution in [-0.2, 0) is 11.8 Å². The molecular weight excluding hydrogens is 284 g/mol. The second-order valence-electron chi connectivity index (χ2n) is 5.52. The van der Waals surface area contributed by atoms with Crippen molar-refractivity contribution in [2.75, 3.05) is 25.1 Å². The lowest BCUT2D eigenvalue weighted by molar-refractivity contribution is 0.0816. The summed E-state index contributed by atoms with van der Waals surface area (Å²) >= 11 is 1.73. The molecule has 5 nitrogen and oxygen atoms in total. The number of fused-ring (bicyclic) bond motifs is 3. The van der Waals surface area contributed by atoms with Gasteiger partial charge in [-0.05, 0) is 24.3 Å². The van der Waals surface area contributed by atoms with E-state index in [1.807, 2.05) is 6.20 Å². The zero-order valence-electron chi connectivity index (χ0n) is 12.2. The smallest absolute Gasteiger partial charge is 0.206 e. The van der Waals surface area contributed by atoms with Crippen LogP contribution in [0.3, 0.4) is 0 Å². The molecule has 4 rings (SSSR count). The molecule has 6 heteroatoms. The van der Waals surface area contributed by atoms with Crippen LogP contribution in [0.15, 0.2) is 17.6 Å². The van der Waals surface area contributed by atoms with Gasteiger partial charge in [-0.3, -0.25) is 4.98 Å². The minimum Gasteiger partial charge on any atom is -0.381 e. The van der Waals surface area contributed by atoms with Crippen LogP contribution in [0.1, 0.15) is 12.8 Å². The van der Waals surface area contributed by atoms with Gasteiger partial charge in [0.2, 0.25) is 5.95 Å². The van der Waals surface area contributed by atoms with Crippen molar-refractivity contribution in [3.05, 3.63) is 17.6 Å². The Morgan fingerprint density at radius 3 is 2.86 bits per heavy atom. The van der Waals surface area contributed by atoms with Crippen molar-refractivity contribution in [2.24, 2.45) is 7.05 Å². The topological polar surface area (TPSA) is 43.2 Å². The average molecular weight is 302 g/mol. The Morgan fingerprint density at radius 2 is 2.10 bits per heavy atom. The standard InChI is InChI=1S/C15H18N4OS/c1-18-13-12(9-16-11-5-8-21-14(11)13)17-15(18)19-6-3-10(20-2)4-7-19/h5,8-10H,3-4,6-7H2,1-2H3. The number of rotatable bonds is 2. The number of hydrogen-bond acceptors (Lipinski definition) is 5. The Bertz CT molecular complexity index is 786. The Labute approximate surface area is 127 Å². The molecule has 0 amide bonds. The fourth-order valence-electron chi connectivity index (χ4n) is 3.15. The van der Waals surface area contributed by atoms with Crippen LogP contribution >= 0.6 is 11.3 Å². The van der Waals surface area contributed by atoms with E-state index < -0.39 is 0 Å². The highest BCUT2D eigenvalue weighted by molar-refractivity contribution is 7.18. The summed E-state index contributed by atoms with van der Waals surface area (Å²) in [7, 11) is 3.90. The van der Waals surface area contributed by atoms with Gasteiger partial charge in [0.25, 0.3) is 0 Å². The Morgan fingerprint density at radius 1 is 1.29 bits per heavy atom. The number of anilines is 1. The van der Waals surface area contributed by atoms with Gasteiger partial charge in [0.1, 0.15) is 5.52 Å². The van der Waals surface area contributed by atoms with Gasteiger partial charge in [-0.15, -0.1) is 11.3 Å². The lowest BCUT2D eigenvalue weighted by atomic mass is 10.1. The normalized spacial score (nSPS) is 17.1. The molecule has 0 aromatic carbocycles. The zero-order valence-corrected chi connectivity index (χ0v) is 13.1. The number of aryl methyl sites for hydroxylation is 1. The maximum atomic E-state index is 5.45. The first-order valence-corrected chi connectivity index (χ1v) is 8.12. The van der Waals surface area contributed by atoms with E-state index in [0.717, 1.165) is 42.9 Å². The van der Waals surface area contributed by atoms with Crippen molar-refractivity contribution in [2.45, 2.75) is 18.9 Å². The maximum absolute atomic E-state index is 5.45. The Hall–Kier alpha value is -1.66. The predicted molar refractivity (Wildman–Crippen MR) is 86.1 cm³/mol. The fourth-order valence-corrected chi connectivity index (χ4v) is 4.08. The number of imidazole rings is 1. The van der Waals surface area contributed by atoms with Gasteiger partial charge < -0.3 is 14.2 Å². The average Bonchev–Trinajstić information content (AvgIpc) is 3.11. The SMILES string of the molecule is COC1CCN(c2nc3cnc4ccsc4c3n2C)CC1. The summed E-state index contributed by atoms with van der Waals surface area (Å²) < 4.78 is 8.88. The molecule has 110 valence electrons. The highest BCUT2D eigenvalue weighted by atomic mass is 32.1. The molecule has 0 aliphatic carbocycles. The third kappa shape index (κ3) is 2.01. The molecule has 0 radical (unpaired) electrons. The number of methoxy groups -OCH3 is 1. The molecule has 0 spiro atoms. The zero-order chi connectivity index (χ0) is 14.4. The number of piperidine rings is 1. The molecule has 1 aliphatic rings. The van der Waals surface area contributed by atoms with Crippen molar-refractivity contribution in [1.82, 2.24) is 14.5 Å². The van der Waals surface area contributed by atoms with Crippen molar-refractivity contribution in [1.29, 1.82) is 0 Å². The van der Waals surface area contributed by atoms with Crippen molar-refractivity contribution < 1.29 is 4.74 Å². The third-order valence-corrected chi connectivity index (χ3v) is 5.25. The molecular formula is C15H18N4OS. The van der Waals surface area contributed by atoms with Gasteiger partial charge in [-0.25, -0.2) is 4.98 Å². The molecule has 1 saturated heterocycles. The summed E-state index contributed by atoms with van der Waals surface area (Å²) in [6.07, 6.45) is 4.40.